The van der Waals surface area contributed by atoms with Crippen LogP contribution in [-0.4, -0.2) is 24.1 Å². The largest absolute Gasteiger partial charge is 0.378 e. The zero-order valence-electron chi connectivity index (χ0n) is 6.06. The molecule has 1 aliphatic rings. The number of halogens is 2. The average Bonchev–Trinajstić information content (AvgIpc) is 2.39. The van der Waals surface area contributed by atoms with Crippen molar-refractivity contribution in [3.05, 3.63) is 0 Å². The Morgan fingerprint density at radius 2 is 2.55 bits per heavy atom. The van der Waals surface area contributed by atoms with Crippen molar-refractivity contribution in [2.75, 3.05) is 6.61 Å². The summed E-state index contributed by atoms with van der Waals surface area (Å²) in [6.45, 7) is 0.674. The Labute approximate surface area is 69.7 Å². The molecule has 0 amide bonds. The van der Waals surface area contributed by atoms with Crippen molar-refractivity contribution in [2.24, 2.45) is 0 Å². The number of hydrogen-bond acceptors (Lipinski definition) is 2. The van der Waals surface area contributed by atoms with Crippen LogP contribution in [0, 0.1) is 0 Å². The fourth-order valence-electron chi connectivity index (χ4n) is 1.15. The lowest BCUT2D eigenvalue weighted by Gasteiger charge is -2.09. The second-order valence-corrected chi connectivity index (χ2v) is 3.01. The highest BCUT2D eigenvalue weighted by Gasteiger charge is 2.23. The second kappa shape index (κ2) is 4.02. The van der Waals surface area contributed by atoms with Crippen LogP contribution in [0.5, 0.6) is 0 Å². The Kier molecular flexibility index (Phi) is 3.27. The predicted octanol–water partition coefficient (Wildman–Crippen LogP) is 1.66. The summed E-state index contributed by atoms with van der Waals surface area (Å²) in [6.07, 6.45) is 0.244. The minimum atomic E-state index is -1.56. The summed E-state index contributed by atoms with van der Waals surface area (Å²) < 4.78 is 17.7. The monoisotopic (exact) mass is 180 g/mol. The van der Waals surface area contributed by atoms with E-state index >= 15 is 0 Å². The lowest BCUT2D eigenvalue weighted by atomic mass is 10.1. The highest BCUT2D eigenvalue weighted by molar-refractivity contribution is 6.64. The average molecular weight is 181 g/mol. The lowest BCUT2D eigenvalue weighted by Crippen LogP contribution is -2.18. The van der Waals surface area contributed by atoms with Gasteiger partial charge in [-0.25, -0.2) is 4.39 Å². The first kappa shape index (κ1) is 8.94. The molecular formula is C7H10ClFO2. The van der Waals surface area contributed by atoms with Crippen molar-refractivity contribution in [1.29, 1.82) is 0 Å². The van der Waals surface area contributed by atoms with Gasteiger partial charge < -0.3 is 4.74 Å². The van der Waals surface area contributed by atoms with Crippen LogP contribution < -0.4 is 0 Å². The van der Waals surface area contributed by atoms with Crippen molar-refractivity contribution >= 4 is 16.8 Å². The third-order valence-electron chi connectivity index (χ3n) is 1.74. The molecule has 1 fully saturated rings. The van der Waals surface area contributed by atoms with Crippen LogP contribution in [0.4, 0.5) is 4.39 Å². The van der Waals surface area contributed by atoms with Crippen molar-refractivity contribution in [2.45, 2.75) is 31.5 Å². The molecule has 1 rings (SSSR count). The van der Waals surface area contributed by atoms with Gasteiger partial charge in [-0.05, 0) is 24.4 Å². The van der Waals surface area contributed by atoms with Gasteiger partial charge in [0.2, 0.25) is 0 Å². The van der Waals surface area contributed by atoms with Gasteiger partial charge in [0.15, 0.2) is 6.17 Å². The van der Waals surface area contributed by atoms with E-state index in [0.29, 0.717) is 6.61 Å². The highest BCUT2D eigenvalue weighted by atomic mass is 35.5. The molecule has 1 saturated heterocycles. The molecule has 11 heavy (non-hydrogen) atoms. The standard InChI is InChI=1S/C7H10ClFO2/c8-7(10)6(9)4-5-2-1-3-11-5/h5-6H,1-4H2. The van der Waals surface area contributed by atoms with Gasteiger partial charge in [0, 0.05) is 13.0 Å². The maximum Gasteiger partial charge on any atom is 0.255 e. The van der Waals surface area contributed by atoms with Gasteiger partial charge in [0.25, 0.3) is 5.24 Å². The molecule has 2 atom stereocenters. The maximum atomic E-state index is 12.6. The Morgan fingerprint density at radius 1 is 1.82 bits per heavy atom. The van der Waals surface area contributed by atoms with E-state index in [-0.39, 0.29) is 12.5 Å². The molecule has 1 heterocycles. The molecule has 64 valence electrons. The van der Waals surface area contributed by atoms with Crippen molar-refractivity contribution in [1.82, 2.24) is 0 Å². The molecule has 0 radical (unpaired) electrons. The molecule has 4 heteroatoms. The fourth-order valence-corrected chi connectivity index (χ4v) is 1.24. The number of carbonyl (C=O) groups excluding carboxylic acids is 1. The van der Waals surface area contributed by atoms with Crippen LogP contribution in [0.2, 0.25) is 0 Å². The minimum Gasteiger partial charge on any atom is -0.378 e. The van der Waals surface area contributed by atoms with Crippen molar-refractivity contribution in [3.63, 3.8) is 0 Å². The summed E-state index contributed by atoms with van der Waals surface area (Å²) in [4.78, 5) is 10.3. The van der Waals surface area contributed by atoms with Crippen LogP contribution in [0.15, 0.2) is 0 Å². The Hall–Kier alpha value is -0.150. The van der Waals surface area contributed by atoms with Crippen LogP contribution in [-0.2, 0) is 9.53 Å². The van der Waals surface area contributed by atoms with E-state index in [1.54, 1.807) is 0 Å². The number of hydrogen-bond donors (Lipinski definition) is 0. The van der Waals surface area contributed by atoms with E-state index in [1.165, 1.54) is 0 Å². The van der Waals surface area contributed by atoms with Gasteiger partial charge in [0.1, 0.15) is 0 Å². The topological polar surface area (TPSA) is 26.3 Å². The molecule has 0 bridgehead atoms. The van der Waals surface area contributed by atoms with E-state index in [4.69, 9.17) is 16.3 Å². The van der Waals surface area contributed by atoms with Gasteiger partial charge in [-0.2, -0.15) is 0 Å². The molecule has 0 aliphatic carbocycles. The quantitative estimate of drug-likeness (QED) is 0.618. The van der Waals surface area contributed by atoms with Gasteiger partial charge in [-0.3, -0.25) is 4.79 Å². The first-order chi connectivity index (χ1) is 5.20. The smallest absolute Gasteiger partial charge is 0.255 e. The zero-order chi connectivity index (χ0) is 8.27. The number of carbonyl (C=O) groups is 1. The molecule has 0 aromatic heterocycles. The Bertz CT molecular complexity index is 145. The van der Waals surface area contributed by atoms with Gasteiger partial charge in [-0.15, -0.1) is 0 Å². The summed E-state index contributed by atoms with van der Waals surface area (Å²) in [7, 11) is 0. The molecule has 2 nitrogen and oxygen atoms in total. The van der Waals surface area contributed by atoms with E-state index in [1.807, 2.05) is 0 Å². The SMILES string of the molecule is O=C(Cl)C(F)CC1CCCO1. The Balaban J connectivity index is 2.23. The molecule has 0 aromatic carbocycles. The minimum absolute atomic E-state index is 0.104. The highest BCUT2D eigenvalue weighted by Crippen LogP contribution is 2.19. The number of alkyl halides is 1. The van der Waals surface area contributed by atoms with Crippen LogP contribution in [0.3, 0.4) is 0 Å². The first-order valence-corrected chi connectivity index (χ1v) is 4.03. The number of ether oxygens (including phenoxy) is 1. The van der Waals surface area contributed by atoms with Crippen molar-refractivity contribution < 1.29 is 13.9 Å². The normalized spacial score (nSPS) is 26.9. The molecular weight excluding hydrogens is 171 g/mol. The molecule has 0 aromatic rings. The van der Waals surface area contributed by atoms with Gasteiger partial charge in [-0.1, -0.05) is 0 Å². The fraction of sp³-hybridized carbons (Fsp3) is 0.857. The second-order valence-electron chi connectivity index (χ2n) is 2.64. The van der Waals surface area contributed by atoms with E-state index in [9.17, 15) is 9.18 Å². The van der Waals surface area contributed by atoms with Crippen LogP contribution in [0.25, 0.3) is 0 Å². The Morgan fingerprint density at radius 3 is 3.00 bits per heavy atom. The lowest BCUT2D eigenvalue weighted by molar-refractivity contribution is -0.117. The van der Waals surface area contributed by atoms with E-state index < -0.39 is 11.4 Å². The molecule has 2 unspecified atom stereocenters. The molecule has 0 N–H and O–H groups in total. The van der Waals surface area contributed by atoms with E-state index in [2.05, 4.69) is 0 Å². The molecule has 1 aliphatic heterocycles. The molecule has 0 saturated carbocycles. The summed E-state index contributed by atoms with van der Waals surface area (Å²) in [5, 5.41) is -0.916. The predicted molar refractivity (Wildman–Crippen MR) is 39.3 cm³/mol. The number of rotatable bonds is 3. The maximum absolute atomic E-state index is 12.6. The zero-order valence-corrected chi connectivity index (χ0v) is 6.81. The van der Waals surface area contributed by atoms with E-state index in [0.717, 1.165) is 12.8 Å². The summed E-state index contributed by atoms with van der Waals surface area (Å²) in [6, 6.07) is 0. The summed E-state index contributed by atoms with van der Waals surface area (Å²) >= 11 is 4.94. The van der Waals surface area contributed by atoms with Crippen LogP contribution in [0.1, 0.15) is 19.3 Å². The third kappa shape index (κ3) is 2.75. The summed E-state index contributed by atoms with van der Waals surface area (Å²) in [5.41, 5.74) is 0. The van der Waals surface area contributed by atoms with Crippen LogP contribution >= 0.6 is 11.6 Å². The first-order valence-electron chi connectivity index (χ1n) is 3.65. The summed E-state index contributed by atoms with van der Waals surface area (Å²) in [5.74, 6) is 0. The third-order valence-corrected chi connectivity index (χ3v) is 1.98. The van der Waals surface area contributed by atoms with Gasteiger partial charge >= 0.3 is 0 Å². The van der Waals surface area contributed by atoms with Crippen molar-refractivity contribution in [3.8, 4) is 0 Å². The van der Waals surface area contributed by atoms with Gasteiger partial charge in [0.05, 0.1) is 6.10 Å². The molecule has 0 spiro atoms.